The van der Waals surface area contributed by atoms with Crippen LogP contribution in [0.2, 0.25) is 0 Å². The lowest BCUT2D eigenvalue weighted by atomic mass is 9.82. The molecule has 0 amide bonds. The first kappa shape index (κ1) is 20.6. The number of hydrogen-bond donors (Lipinski definition) is 0. The smallest absolute Gasteiger partial charge is 0.263 e. The average molecular weight is 478 g/mol. The highest BCUT2D eigenvalue weighted by atomic mass is 16.3. The highest BCUT2D eigenvalue weighted by Gasteiger charge is 2.35. The Bertz CT molecular complexity index is 2140. The Morgan fingerprint density at radius 2 is 1.32 bits per heavy atom. The number of para-hydroxylation sites is 2. The molecule has 37 heavy (non-hydrogen) atoms. The van der Waals surface area contributed by atoms with Crippen LogP contribution in [0.3, 0.4) is 0 Å². The van der Waals surface area contributed by atoms with Crippen LogP contribution in [0, 0.1) is 0 Å². The minimum Gasteiger partial charge on any atom is -0.456 e. The summed E-state index contributed by atoms with van der Waals surface area (Å²) in [6.07, 6.45) is 0. The van der Waals surface area contributed by atoms with Gasteiger partial charge in [-0.2, -0.15) is 0 Å². The molecule has 0 unspecified atom stereocenters. The number of pyridine rings is 1. The summed E-state index contributed by atoms with van der Waals surface area (Å²) in [7, 11) is 0. The van der Waals surface area contributed by atoms with Gasteiger partial charge in [-0.25, -0.2) is 0 Å². The van der Waals surface area contributed by atoms with E-state index in [0.717, 1.165) is 49.3 Å². The van der Waals surface area contributed by atoms with Crippen molar-refractivity contribution < 1.29 is 4.42 Å². The number of rotatable bonds is 1. The van der Waals surface area contributed by atoms with Crippen LogP contribution in [0.5, 0.6) is 0 Å². The van der Waals surface area contributed by atoms with Gasteiger partial charge in [0.1, 0.15) is 11.2 Å². The Labute approximate surface area is 213 Å². The maximum atomic E-state index is 14.3. The van der Waals surface area contributed by atoms with Crippen molar-refractivity contribution in [1.82, 2.24) is 4.57 Å². The molecule has 0 atom stereocenters. The third-order valence-electron chi connectivity index (χ3n) is 8.21. The van der Waals surface area contributed by atoms with E-state index in [0.29, 0.717) is 0 Å². The number of aromatic nitrogens is 1. The minimum atomic E-state index is -0.169. The van der Waals surface area contributed by atoms with Crippen LogP contribution >= 0.6 is 0 Å². The number of fused-ring (bicyclic) bond motifs is 9. The Kier molecular flexibility index (Phi) is 3.88. The largest absolute Gasteiger partial charge is 0.456 e. The van der Waals surface area contributed by atoms with Crippen LogP contribution in [-0.2, 0) is 5.41 Å². The minimum absolute atomic E-state index is 0.00425. The SMILES string of the molecule is CC1(C)c2ccccc2-c2cc3c(cc21)c(=O)n(-c1ccc2oc4ccccc4c2c1)c1ccccc31. The molecule has 5 aromatic carbocycles. The first-order valence-electron chi connectivity index (χ1n) is 12.7. The zero-order valence-corrected chi connectivity index (χ0v) is 20.6. The normalized spacial score (nSPS) is 14.0. The van der Waals surface area contributed by atoms with Crippen molar-refractivity contribution >= 4 is 43.6 Å². The Balaban J connectivity index is 1.49. The molecule has 0 saturated carbocycles. The number of hydrogen-bond acceptors (Lipinski definition) is 2. The van der Waals surface area contributed by atoms with E-state index < -0.39 is 0 Å². The molecule has 1 aliphatic carbocycles. The molecule has 0 radical (unpaired) electrons. The summed E-state index contributed by atoms with van der Waals surface area (Å²) in [6.45, 7) is 4.50. The van der Waals surface area contributed by atoms with Gasteiger partial charge in [0.25, 0.3) is 5.56 Å². The van der Waals surface area contributed by atoms with E-state index in [1.807, 2.05) is 47.0 Å². The van der Waals surface area contributed by atoms with E-state index in [-0.39, 0.29) is 11.0 Å². The van der Waals surface area contributed by atoms with E-state index in [1.54, 1.807) is 0 Å². The molecule has 1 aliphatic rings. The van der Waals surface area contributed by atoms with Crippen LogP contribution < -0.4 is 5.56 Å². The van der Waals surface area contributed by atoms with Crippen molar-refractivity contribution in [3.05, 3.63) is 125 Å². The maximum Gasteiger partial charge on any atom is 0.263 e. The first-order valence-corrected chi connectivity index (χ1v) is 12.7. The summed E-state index contributed by atoms with van der Waals surface area (Å²) >= 11 is 0. The number of furan rings is 1. The summed E-state index contributed by atoms with van der Waals surface area (Å²) in [6, 6.07) is 35.3. The van der Waals surface area contributed by atoms with Gasteiger partial charge in [0.2, 0.25) is 0 Å². The zero-order valence-electron chi connectivity index (χ0n) is 20.6. The average Bonchev–Trinajstić information content (AvgIpc) is 3.40. The van der Waals surface area contributed by atoms with E-state index >= 15 is 0 Å². The number of nitrogens with zero attached hydrogens (tertiary/aromatic N) is 1. The first-order chi connectivity index (χ1) is 18.0. The van der Waals surface area contributed by atoms with E-state index in [2.05, 4.69) is 74.5 Å². The van der Waals surface area contributed by atoms with Gasteiger partial charge in [-0.05, 0) is 70.1 Å². The van der Waals surface area contributed by atoms with Gasteiger partial charge >= 0.3 is 0 Å². The van der Waals surface area contributed by atoms with E-state index in [1.165, 1.54) is 22.3 Å². The Hall–Kier alpha value is -4.63. The van der Waals surface area contributed by atoms with Gasteiger partial charge in [0.15, 0.2) is 0 Å². The van der Waals surface area contributed by atoms with Crippen LogP contribution in [0.25, 0.3) is 60.4 Å². The fourth-order valence-corrected chi connectivity index (χ4v) is 6.38. The predicted molar refractivity (Wildman–Crippen MR) is 152 cm³/mol. The molecular formula is C34H23NO2. The molecule has 0 spiro atoms. The van der Waals surface area contributed by atoms with Crippen LogP contribution in [0.4, 0.5) is 0 Å². The molecule has 0 N–H and O–H groups in total. The molecule has 7 aromatic rings. The summed E-state index contributed by atoms with van der Waals surface area (Å²) in [5.74, 6) is 0. The van der Waals surface area contributed by atoms with Crippen molar-refractivity contribution in [2.24, 2.45) is 0 Å². The zero-order chi connectivity index (χ0) is 24.9. The maximum absolute atomic E-state index is 14.3. The van der Waals surface area contributed by atoms with E-state index in [4.69, 9.17) is 4.42 Å². The second-order valence-corrected chi connectivity index (χ2v) is 10.6. The van der Waals surface area contributed by atoms with Crippen molar-refractivity contribution in [3.63, 3.8) is 0 Å². The summed E-state index contributed by atoms with van der Waals surface area (Å²) in [5, 5.41) is 4.87. The van der Waals surface area contributed by atoms with Gasteiger partial charge in [0, 0.05) is 27.0 Å². The Morgan fingerprint density at radius 3 is 2.22 bits per heavy atom. The van der Waals surface area contributed by atoms with Crippen molar-refractivity contribution in [1.29, 1.82) is 0 Å². The van der Waals surface area contributed by atoms with Crippen molar-refractivity contribution in [3.8, 4) is 16.8 Å². The second-order valence-electron chi connectivity index (χ2n) is 10.6. The summed E-state index contributed by atoms with van der Waals surface area (Å²) in [5.41, 5.74) is 8.23. The quantitative estimate of drug-likeness (QED) is 0.223. The van der Waals surface area contributed by atoms with Crippen molar-refractivity contribution in [2.45, 2.75) is 19.3 Å². The summed E-state index contributed by atoms with van der Waals surface area (Å²) < 4.78 is 7.91. The fraction of sp³-hybridized carbons (Fsp3) is 0.0882. The van der Waals surface area contributed by atoms with Crippen LogP contribution in [0.15, 0.2) is 112 Å². The third-order valence-corrected chi connectivity index (χ3v) is 8.21. The lowest BCUT2D eigenvalue weighted by molar-refractivity contribution is 0.661. The lowest BCUT2D eigenvalue weighted by Crippen LogP contribution is -2.20. The molecule has 0 bridgehead atoms. The molecule has 3 nitrogen and oxygen atoms in total. The molecule has 2 heterocycles. The molecular weight excluding hydrogens is 454 g/mol. The molecule has 8 rings (SSSR count). The van der Waals surface area contributed by atoms with Gasteiger partial charge in [-0.1, -0.05) is 74.5 Å². The standard InChI is InChI=1S/C34H23NO2/c1-34(2)28-12-6-3-9-21(28)25-18-24-22-10-4-7-13-30(22)35(33(36)27(24)19-29(25)34)20-15-16-32-26(17-20)23-11-5-8-14-31(23)37-32/h3-19H,1-2H3. The van der Waals surface area contributed by atoms with E-state index in [9.17, 15) is 4.79 Å². The second kappa shape index (κ2) is 6.98. The molecule has 3 heteroatoms. The van der Waals surface area contributed by atoms with Crippen LogP contribution in [0.1, 0.15) is 25.0 Å². The fourth-order valence-electron chi connectivity index (χ4n) is 6.38. The topological polar surface area (TPSA) is 35.1 Å². The number of benzene rings is 5. The third kappa shape index (κ3) is 2.63. The van der Waals surface area contributed by atoms with Gasteiger partial charge in [0.05, 0.1) is 11.2 Å². The molecule has 2 aromatic heterocycles. The highest BCUT2D eigenvalue weighted by Crippen LogP contribution is 2.50. The van der Waals surface area contributed by atoms with Crippen molar-refractivity contribution in [2.75, 3.05) is 0 Å². The highest BCUT2D eigenvalue weighted by molar-refractivity contribution is 6.10. The lowest BCUT2D eigenvalue weighted by Gasteiger charge is -2.22. The molecule has 176 valence electrons. The van der Waals surface area contributed by atoms with Gasteiger partial charge < -0.3 is 4.42 Å². The molecule has 0 saturated heterocycles. The van der Waals surface area contributed by atoms with Gasteiger partial charge in [-0.3, -0.25) is 9.36 Å². The molecule has 0 aliphatic heterocycles. The van der Waals surface area contributed by atoms with Crippen LogP contribution in [-0.4, -0.2) is 4.57 Å². The van der Waals surface area contributed by atoms with Gasteiger partial charge in [-0.15, -0.1) is 0 Å². The Morgan fingerprint density at radius 1 is 0.595 bits per heavy atom. The summed E-state index contributed by atoms with van der Waals surface area (Å²) in [4.78, 5) is 14.3. The monoisotopic (exact) mass is 477 g/mol. The molecule has 0 fully saturated rings. The predicted octanol–water partition coefficient (Wildman–Crippen LogP) is 8.35.